The zero-order valence-electron chi connectivity index (χ0n) is 20.8. The first-order valence-electron chi connectivity index (χ1n) is 12.0. The molecule has 2 aliphatic heterocycles. The van der Waals surface area contributed by atoms with E-state index in [0.717, 1.165) is 6.42 Å². The van der Waals surface area contributed by atoms with Crippen LogP contribution in [0.2, 0.25) is 0 Å². The van der Waals surface area contributed by atoms with Gasteiger partial charge < -0.3 is 29.9 Å². The van der Waals surface area contributed by atoms with Crippen LogP contribution in [0.15, 0.2) is 30.5 Å². The Bertz CT molecular complexity index is 1130. The van der Waals surface area contributed by atoms with Gasteiger partial charge in [0.1, 0.15) is 17.2 Å². The molecule has 190 valence electrons. The van der Waals surface area contributed by atoms with Crippen molar-refractivity contribution >= 4 is 29.5 Å². The Labute approximate surface area is 210 Å². The van der Waals surface area contributed by atoms with E-state index in [1.54, 1.807) is 29.2 Å². The Kier molecular flexibility index (Phi) is 7.55. The number of morpholine rings is 1. The van der Waals surface area contributed by atoms with Gasteiger partial charge in [0.15, 0.2) is 5.82 Å². The molecule has 4 rings (SSSR count). The minimum Gasteiger partial charge on any atom is -0.444 e. The largest absolute Gasteiger partial charge is 0.444 e. The summed E-state index contributed by atoms with van der Waals surface area (Å²) < 4.78 is 10.6. The van der Waals surface area contributed by atoms with E-state index in [-0.39, 0.29) is 11.9 Å². The number of hydrogen-bond donors (Lipinski definition) is 2. The predicted octanol–water partition coefficient (Wildman–Crippen LogP) is 2.67. The molecule has 2 N–H and O–H groups in total. The standard InChI is InChI=1S/C25H31N7O4/c1-25(2,3)36-24(34)29-20-8-9-32(16-20)23-27-15-18(14-26)21(30-23)28-19-6-4-17(5-7-19)22(33)31-10-12-35-13-11-31/h4-7,15,20H,8-13,16H2,1-3H3,(H,29,34)(H,27,28,30). The molecule has 3 heterocycles. The summed E-state index contributed by atoms with van der Waals surface area (Å²) in [5, 5.41) is 15.6. The Hall–Kier alpha value is -3.91. The number of carbonyl (C=O) groups is 2. The van der Waals surface area contributed by atoms with Crippen molar-refractivity contribution < 1.29 is 19.1 Å². The molecule has 0 aliphatic carbocycles. The summed E-state index contributed by atoms with van der Waals surface area (Å²) in [5.74, 6) is 0.804. The molecular weight excluding hydrogens is 462 g/mol. The lowest BCUT2D eigenvalue weighted by Gasteiger charge is -2.26. The smallest absolute Gasteiger partial charge is 0.407 e. The summed E-state index contributed by atoms with van der Waals surface area (Å²) in [4.78, 5) is 37.4. The summed E-state index contributed by atoms with van der Waals surface area (Å²) >= 11 is 0. The lowest BCUT2D eigenvalue weighted by molar-refractivity contribution is 0.0303. The van der Waals surface area contributed by atoms with Crippen LogP contribution in [0.4, 0.5) is 22.2 Å². The maximum Gasteiger partial charge on any atom is 0.407 e. The van der Waals surface area contributed by atoms with Crippen molar-refractivity contribution in [1.29, 1.82) is 5.26 Å². The normalized spacial score (nSPS) is 17.9. The highest BCUT2D eigenvalue weighted by Gasteiger charge is 2.28. The van der Waals surface area contributed by atoms with Gasteiger partial charge >= 0.3 is 6.09 Å². The van der Waals surface area contributed by atoms with Gasteiger partial charge in [-0.25, -0.2) is 9.78 Å². The van der Waals surface area contributed by atoms with Gasteiger partial charge in [-0.15, -0.1) is 0 Å². The second-order valence-electron chi connectivity index (χ2n) is 9.73. The third-order valence-electron chi connectivity index (χ3n) is 5.78. The Morgan fingerprint density at radius 2 is 1.89 bits per heavy atom. The molecule has 2 amide bonds. The predicted molar refractivity (Wildman–Crippen MR) is 133 cm³/mol. The van der Waals surface area contributed by atoms with Crippen molar-refractivity contribution in [2.24, 2.45) is 0 Å². The molecule has 0 radical (unpaired) electrons. The molecule has 0 bridgehead atoms. The highest BCUT2D eigenvalue weighted by molar-refractivity contribution is 5.94. The van der Waals surface area contributed by atoms with E-state index in [1.807, 2.05) is 25.7 Å². The van der Waals surface area contributed by atoms with E-state index < -0.39 is 11.7 Å². The van der Waals surface area contributed by atoms with Crippen molar-refractivity contribution in [3.63, 3.8) is 0 Å². The summed E-state index contributed by atoms with van der Waals surface area (Å²) in [7, 11) is 0. The highest BCUT2D eigenvalue weighted by Crippen LogP contribution is 2.24. The lowest BCUT2D eigenvalue weighted by Crippen LogP contribution is -2.40. The number of benzene rings is 1. The van der Waals surface area contributed by atoms with Crippen molar-refractivity contribution in [2.75, 3.05) is 49.6 Å². The van der Waals surface area contributed by atoms with Crippen molar-refractivity contribution in [3.05, 3.63) is 41.6 Å². The Morgan fingerprint density at radius 1 is 1.17 bits per heavy atom. The van der Waals surface area contributed by atoms with Gasteiger partial charge in [0.25, 0.3) is 5.91 Å². The highest BCUT2D eigenvalue weighted by atomic mass is 16.6. The number of amides is 2. The van der Waals surface area contributed by atoms with Gasteiger partial charge in [0.05, 0.1) is 25.5 Å². The number of hydrogen-bond acceptors (Lipinski definition) is 9. The van der Waals surface area contributed by atoms with Crippen LogP contribution in [-0.2, 0) is 9.47 Å². The van der Waals surface area contributed by atoms with Crippen LogP contribution in [0, 0.1) is 11.3 Å². The summed E-state index contributed by atoms with van der Waals surface area (Å²) in [6.07, 6.45) is 1.76. The number of nitrogens with one attached hydrogen (secondary N) is 2. The van der Waals surface area contributed by atoms with Gasteiger partial charge in [0.2, 0.25) is 5.95 Å². The second-order valence-corrected chi connectivity index (χ2v) is 9.73. The third kappa shape index (κ3) is 6.40. The van der Waals surface area contributed by atoms with Gasteiger partial charge in [-0.2, -0.15) is 10.2 Å². The molecule has 2 aliphatic rings. The monoisotopic (exact) mass is 493 g/mol. The molecule has 2 saturated heterocycles. The number of aromatic nitrogens is 2. The maximum atomic E-state index is 12.7. The summed E-state index contributed by atoms with van der Waals surface area (Å²) in [5.41, 5.74) is 1.02. The lowest BCUT2D eigenvalue weighted by atomic mass is 10.1. The van der Waals surface area contributed by atoms with Gasteiger partial charge in [0, 0.05) is 37.4 Å². The third-order valence-corrected chi connectivity index (χ3v) is 5.78. The number of alkyl carbamates (subject to hydrolysis) is 1. The molecule has 1 atom stereocenters. The van der Waals surface area contributed by atoms with E-state index in [4.69, 9.17) is 9.47 Å². The molecule has 0 saturated carbocycles. The molecule has 1 unspecified atom stereocenters. The first-order chi connectivity index (χ1) is 17.2. The fraction of sp³-hybridized carbons (Fsp3) is 0.480. The first kappa shape index (κ1) is 25.2. The van der Waals surface area contributed by atoms with Crippen LogP contribution in [0.5, 0.6) is 0 Å². The zero-order valence-corrected chi connectivity index (χ0v) is 20.8. The number of carbonyl (C=O) groups excluding carboxylic acids is 2. The van der Waals surface area contributed by atoms with Gasteiger partial charge in [-0.1, -0.05) is 0 Å². The van der Waals surface area contributed by atoms with Crippen molar-refractivity contribution in [1.82, 2.24) is 20.2 Å². The molecular formula is C25H31N7O4. The number of nitriles is 1. The van der Waals surface area contributed by atoms with E-state index in [0.29, 0.717) is 68.0 Å². The quantitative estimate of drug-likeness (QED) is 0.645. The van der Waals surface area contributed by atoms with Gasteiger partial charge in [-0.3, -0.25) is 4.79 Å². The summed E-state index contributed by atoms with van der Waals surface area (Å²) in [6.45, 7) is 8.91. The topological polar surface area (TPSA) is 133 Å². The Morgan fingerprint density at radius 3 is 2.56 bits per heavy atom. The van der Waals surface area contributed by atoms with Crippen LogP contribution in [0.3, 0.4) is 0 Å². The van der Waals surface area contributed by atoms with E-state index in [2.05, 4.69) is 26.7 Å². The average Bonchev–Trinajstić information content (AvgIpc) is 3.31. The number of nitrogens with zero attached hydrogens (tertiary/aromatic N) is 5. The van der Waals surface area contributed by atoms with E-state index in [1.165, 1.54) is 6.20 Å². The van der Waals surface area contributed by atoms with Crippen LogP contribution in [-0.4, -0.2) is 77.9 Å². The van der Waals surface area contributed by atoms with E-state index in [9.17, 15) is 14.9 Å². The summed E-state index contributed by atoms with van der Waals surface area (Å²) in [6, 6.07) is 9.09. The van der Waals surface area contributed by atoms with E-state index >= 15 is 0 Å². The van der Waals surface area contributed by atoms with Crippen LogP contribution >= 0.6 is 0 Å². The van der Waals surface area contributed by atoms with Crippen molar-refractivity contribution in [2.45, 2.75) is 38.8 Å². The maximum absolute atomic E-state index is 12.7. The van der Waals surface area contributed by atoms with Crippen LogP contribution in [0.25, 0.3) is 0 Å². The van der Waals surface area contributed by atoms with Crippen molar-refractivity contribution in [3.8, 4) is 6.07 Å². The molecule has 1 aromatic carbocycles. The fourth-order valence-electron chi connectivity index (χ4n) is 4.02. The fourth-order valence-corrected chi connectivity index (χ4v) is 4.02. The Balaban J connectivity index is 1.41. The number of ether oxygens (including phenoxy) is 2. The molecule has 11 heteroatoms. The molecule has 36 heavy (non-hydrogen) atoms. The average molecular weight is 494 g/mol. The number of rotatable bonds is 5. The molecule has 2 fully saturated rings. The molecule has 0 spiro atoms. The minimum absolute atomic E-state index is 0.0320. The number of anilines is 3. The first-order valence-corrected chi connectivity index (χ1v) is 12.0. The minimum atomic E-state index is -0.562. The molecule has 2 aromatic rings. The second kappa shape index (κ2) is 10.8. The van der Waals surface area contributed by atoms with Crippen LogP contribution in [0.1, 0.15) is 43.1 Å². The molecule has 11 nitrogen and oxygen atoms in total. The SMILES string of the molecule is CC(C)(C)OC(=O)NC1CCN(c2ncc(C#N)c(Nc3ccc(C(=O)N4CCOCC4)cc3)n2)C1. The molecule has 1 aromatic heterocycles. The van der Waals surface area contributed by atoms with Crippen LogP contribution < -0.4 is 15.5 Å². The van der Waals surface area contributed by atoms with Gasteiger partial charge in [-0.05, 0) is 51.5 Å². The zero-order chi connectivity index (χ0) is 25.7.